The smallest absolute Gasteiger partial charge is 0.321 e. The first kappa shape index (κ1) is 14.4. The molecule has 0 saturated carbocycles. The Bertz CT molecular complexity index is 516. The Morgan fingerprint density at radius 3 is 2.75 bits per heavy atom. The fraction of sp³-hybridized carbons (Fsp3) is 0.333. The van der Waals surface area contributed by atoms with E-state index in [4.69, 9.17) is 9.84 Å². The number of aliphatic hydroxyl groups excluding tert-OH is 1. The molecule has 0 spiro atoms. The Morgan fingerprint density at radius 2 is 2.05 bits per heavy atom. The predicted octanol–water partition coefficient (Wildman–Crippen LogP) is 2.13. The molecule has 1 atom stereocenters. The molecule has 2 aromatic rings. The Hall–Kier alpha value is -1.98. The fourth-order valence-corrected chi connectivity index (χ4v) is 1.76. The summed E-state index contributed by atoms with van der Waals surface area (Å²) in [5.41, 5.74) is 1.09. The van der Waals surface area contributed by atoms with Crippen LogP contribution in [0.5, 0.6) is 11.8 Å². The molecule has 0 aliphatic rings. The summed E-state index contributed by atoms with van der Waals surface area (Å²) in [5, 5.41) is 12.4. The average Bonchev–Trinajstić information content (AvgIpc) is 2.50. The van der Waals surface area contributed by atoms with Crippen molar-refractivity contribution in [2.45, 2.75) is 25.9 Å². The summed E-state index contributed by atoms with van der Waals surface area (Å²) in [5.74, 6) is 0.701. The average molecular weight is 273 g/mol. The summed E-state index contributed by atoms with van der Waals surface area (Å²) in [7, 11) is 0. The van der Waals surface area contributed by atoms with Crippen LogP contribution in [0.2, 0.25) is 0 Å². The molecule has 0 radical (unpaired) electrons. The van der Waals surface area contributed by atoms with Gasteiger partial charge in [0.15, 0.2) is 0 Å². The first-order chi connectivity index (χ1) is 9.81. The molecule has 106 valence electrons. The molecule has 0 aliphatic carbocycles. The molecule has 0 amide bonds. The van der Waals surface area contributed by atoms with Gasteiger partial charge in [0.05, 0.1) is 6.61 Å². The van der Waals surface area contributed by atoms with E-state index in [9.17, 15) is 0 Å². The second-order valence-corrected chi connectivity index (χ2v) is 4.45. The van der Waals surface area contributed by atoms with Crippen LogP contribution in [0.4, 0.5) is 0 Å². The maximum absolute atomic E-state index is 9.15. The second-order valence-electron chi connectivity index (χ2n) is 4.45. The van der Waals surface area contributed by atoms with E-state index in [1.54, 1.807) is 18.5 Å². The highest BCUT2D eigenvalue weighted by molar-refractivity contribution is 5.30. The van der Waals surface area contributed by atoms with Crippen molar-refractivity contribution in [3.8, 4) is 11.8 Å². The number of nitrogens with one attached hydrogen (secondary N) is 1. The van der Waals surface area contributed by atoms with E-state index >= 15 is 0 Å². The lowest BCUT2D eigenvalue weighted by Crippen LogP contribution is -2.31. The van der Waals surface area contributed by atoms with Gasteiger partial charge >= 0.3 is 6.01 Å². The van der Waals surface area contributed by atoms with Gasteiger partial charge in [-0.1, -0.05) is 19.1 Å². The molecule has 1 heterocycles. The normalized spacial score (nSPS) is 12.1. The second kappa shape index (κ2) is 7.57. The minimum atomic E-state index is 0.122. The van der Waals surface area contributed by atoms with Crippen molar-refractivity contribution in [1.29, 1.82) is 0 Å². The highest BCUT2D eigenvalue weighted by Crippen LogP contribution is 2.18. The zero-order chi connectivity index (χ0) is 14.2. The molecule has 2 rings (SSSR count). The van der Waals surface area contributed by atoms with Crippen molar-refractivity contribution >= 4 is 0 Å². The number of benzene rings is 1. The van der Waals surface area contributed by atoms with Crippen LogP contribution in [0.25, 0.3) is 0 Å². The van der Waals surface area contributed by atoms with E-state index < -0.39 is 0 Å². The molecule has 5 heteroatoms. The van der Waals surface area contributed by atoms with Gasteiger partial charge in [-0.05, 0) is 30.2 Å². The molecule has 1 aromatic carbocycles. The van der Waals surface area contributed by atoms with E-state index in [2.05, 4.69) is 15.3 Å². The van der Waals surface area contributed by atoms with Gasteiger partial charge in [-0.15, -0.1) is 0 Å². The van der Waals surface area contributed by atoms with E-state index in [0.29, 0.717) is 18.3 Å². The third-order valence-corrected chi connectivity index (χ3v) is 2.96. The number of hydrogen-bond acceptors (Lipinski definition) is 5. The van der Waals surface area contributed by atoms with Crippen LogP contribution >= 0.6 is 0 Å². The number of rotatable bonds is 7. The molecule has 0 saturated heterocycles. The SMILES string of the molecule is CCC(CO)NCc1cccc(Oc2ncccn2)c1. The standard InChI is InChI=1S/C15H19N3O2/c1-2-13(11-19)18-10-12-5-3-6-14(9-12)20-15-16-7-4-8-17-15/h3-9,13,18-19H,2,10-11H2,1H3. The molecule has 2 N–H and O–H groups in total. The largest absolute Gasteiger partial charge is 0.424 e. The molecule has 20 heavy (non-hydrogen) atoms. The van der Waals surface area contributed by atoms with Gasteiger partial charge in [-0.3, -0.25) is 0 Å². The van der Waals surface area contributed by atoms with Crippen LogP contribution in [-0.2, 0) is 6.54 Å². The number of nitrogens with zero attached hydrogens (tertiary/aromatic N) is 2. The van der Waals surface area contributed by atoms with E-state index in [0.717, 1.165) is 12.0 Å². The van der Waals surface area contributed by atoms with Crippen molar-refractivity contribution in [3.05, 3.63) is 48.3 Å². The Kier molecular flexibility index (Phi) is 5.46. The first-order valence-electron chi connectivity index (χ1n) is 6.70. The third-order valence-electron chi connectivity index (χ3n) is 2.96. The van der Waals surface area contributed by atoms with Crippen molar-refractivity contribution in [2.75, 3.05) is 6.61 Å². The molecule has 5 nitrogen and oxygen atoms in total. The van der Waals surface area contributed by atoms with Crippen LogP contribution in [0.1, 0.15) is 18.9 Å². The zero-order valence-electron chi connectivity index (χ0n) is 11.5. The van der Waals surface area contributed by atoms with Gasteiger partial charge < -0.3 is 15.2 Å². The molecule has 1 aromatic heterocycles. The van der Waals surface area contributed by atoms with Gasteiger partial charge in [0.25, 0.3) is 0 Å². The summed E-state index contributed by atoms with van der Waals surface area (Å²) in [6.45, 7) is 2.87. The number of aliphatic hydroxyl groups is 1. The lowest BCUT2D eigenvalue weighted by molar-refractivity contribution is 0.238. The van der Waals surface area contributed by atoms with Crippen molar-refractivity contribution in [3.63, 3.8) is 0 Å². The van der Waals surface area contributed by atoms with Crippen LogP contribution < -0.4 is 10.1 Å². The minimum Gasteiger partial charge on any atom is -0.424 e. The topological polar surface area (TPSA) is 67.3 Å². The van der Waals surface area contributed by atoms with E-state index in [1.807, 2.05) is 31.2 Å². The van der Waals surface area contributed by atoms with Crippen molar-refractivity contribution in [1.82, 2.24) is 15.3 Å². The monoisotopic (exact) mass is 273 g/mol. The highest BCUT2D eigenvalue weighted by atomic mass is 16.5. The van der Waals surface area contributed by atoms with Crippen LogP contribution in [0.3, 0.4) is 0 Å². The predicted molar refractivity (Wildman–Crippen MR) is 76.6 cm³/mol. The summed E-state index contributed by atoms with van der Waals surface area (Å²) in [6.07, 6.45) is 4.17. The lowest BCUT2D eigenvalue weighted by atomic mass is 10.2. The number of aromatic nitrogens is 2. The van der Waals surface area contributed by atoms with Crippen molar-refractivity contribution in [2.24, 2.45) is 0 Å². The maximum Gasteiger partial charge on any atom is 0.321 e. The van der Waals surface area contributed by atoms with Crippen molar-refractivity contribution < 1.29 is 9.84 Å². The number of hydrogen-bond donors (Lipinski definition) is 2. The Morgan fingerprint density at radius 1 is 1.25 bits per heavy atom. The lowest BCUT2D eigenvalue weighted by Gasteiger charge is -2.14. The minimum absolute atomic E-state index is 0.122. The first-order valence-corrected chi connectivity index (χ1v) is 6.70. The van der Waals surface area contributed by atoms with E-state index in [1.165, 1.54) is 0 Å². The van der Waals surface area contributed by atoms with Gasteiger partial charge in [-0.25, -0.2) is 9.97 Å². The van der Waals surface area contributed by atoms with Crippen LogP contribution in [0, 0.1) is 0 Å². The zero-order valence-corrected chi connectivity index (χ0v) is 11.5. The molecular weight excluding hydrogens is 254 g/mol. The summed E-state index contributed by atoms with van der Waals surface area (Å²) >= 11 is 0. The van der Waals surface area contributed by atoms with Gasteiger partial charge in [0.2, 0.25) is 0 Å². The quantitative estimate of drug-likeness (QED) is 0.809. The molecular formula is C15H19N3O2. The molecule has 0 aliphatic heterocycles. The third kappa shape index (κ3) is 4.29. The van der Waals surface area contributed by atoms with E-state index in [-0.39, 0.29) is 12.6 Å². The fourth-order valence-electron chi connectivity index (χ4n) is 1.76. The maximum atomic E-state index is 9.15. The molecule has 0 fully saturated rings. The van der Waals surface area contributed by atoms with Gasteiger partial charge in [-0.2, -0.15) is 0 Å². The molecule has 1 unspecified atom stereocenters. The summed E-state index contributed by atoms with van der Waals surface area (Å²) in [6, 6.07) is 9.94. The Labute approximate surface area is 118 Å². The summed E-state index contributed by atoms with van der Waals surface area (Å²) in [4.78, 5) is 8.04. The summed E-state index contributed by atoms with van der Waals surface area (Å²) < 4.78 is 5.58. The number of ether oxygens (including phenoxy) is 1. The Balaban J connectivity index is 1.97. The van der Waals surface area contributed by atoms with Gasteiger partial charge in [0.1, 0.15) is 5.75 Å². The van der Waals surface area contributed by atoms with Crippen LogP contribution in [-0.4, -0.2) is 27.7 Å². The van der Waals surface area contributed by atoms with Gasteiger partial charge in [0, 0.05) is 25.0 Å². The highest BCUT2D eigenvalue weighted by Gasteiger charge is 2.05. The van der Waals surface area contributed by atoms with Crippen LogP contribution in [0.15, 0.2) is 42.7 Å². The molecule has 0 bridgehead atoms.